The highest BCUT2D eigenvalue weighted by Gasteiger charge is 2.40. The van der Waals surface area contributed by atoms with Crippen LogP contribution < -0.4 is 16.0 Å². The van der Waals surface area contributed by atoms with Gasteiger partial charge in [-0.15, -0.1) is 0 Å². The van der Waals surface area contributed by atoms with E-state index < -0.39 is 5.41 Å². The summed E-state index contributed by atoms with van der Waals surface area (Å²) >= 11 is 0. The molecule has 2 atom stereocenters. The molecule has 0 aromatic heterocycles. The van der Waals surface area contributed by atoms with Gasteiger partial charge in [0.2, 0.25) is 5.91 Å². The van der Waals surface area contributed by atoms with Gasteiger partial charge in [-0.1, -0.05) is 30.3 Å². The van der Waals surface area contributed by atoms with E-state index in [-0.39, 0.29) is 5.91 Å². The van der Waals surface area contributed by atoms with Gasteiger partial charge in [0.25, 0.3) is 0 Å². The van der Waals surface area contributed by atoms with E-state index in [0.717, 1.165) is 25.3 Å². The zero-order chi connectivity index (χ0) is 20.9. The normalized spacial score (nSPS) is 25.0. The second-order valence-electron chi connectivity index (χ2n) is 9.02. The lowest BCUT2D eigenvalue weighted by Crippen LogP contribution is -2.54. The Labute approximate surface area is 175 Å². The molecule has 0 spiro atoms. The van der Waals surface area contributed by atoms with Crippen LogP contribution >= 0.6 is 0 Å². The maximum absolute atomic E-state index is 12.2. The number of aliphatic imine (C=N–C) groups is 1. The molecular weight excluding hydrogens is 362 g/mol. The molecule has 2 saturated heterocycles. The maximum Gasteiger partial charge on any atom is 0.227 e. The van der Waals surface area contributed by atoms with Crippen molar-refractivity contribution in [3.05, 3.63) is 35.9 Å². The Hall–Kier alpha value is -2.08. The number of nitrogens with zero attached hydrogens (tertiary/aromatic N) is 2. The first kappa shape index (κ1) is 21.6. The van der Waals surface area contributed by atoms with Crippen LogP contribution in [0.25, 0.3) is 0 Å². The monoisotopic (exact) mass is 399 g/mol. The van der Waals surface area contributed by atoms with Gasteiger partial charge in [0.1, 0.15) is 0 Å². The van der Waals surface area contributed by atoms with Crippen LogP contribution in [0, 0.1) is 5.41 Å². The van der Waals surface area contributed by atoms with Crippen LogP contribution in [0.4, 0.5) is 0 Å². The van der Waals surface area contributed by atoms with Crippen molar-refractivity contribution >= 4 is 11.9 Å². The van der Waals surface area contributed by atoms with E-state index in [1.54, 1.807) is 7.05 Å². The summed E-state index contributed by atoms with van der Waals surface area (Å²) in [6, 6.07) is 12.5. The lowest BCUT2D eigenvalue weighted by Gasteiger charge is -2.39. The van der Waals surface area contributed by atoms with Crippen molar-refractivity contribution < 1.29 is 4.79 Å². The van der Waals surface area contributed by atoms with Gasteiger partial charge in [-0.05, 0) is 52.0 Å². The summed E-state index contributed by atoms with van der Waals surface area (Å²) in [5.41, 5.74) is 0.923. The number of piperidine rings is 1. The van der Waals surface area contributed by atoms with Gasteiger partial charge in [0.15, 0.2) is 5.96 Å². The molecule has 0 radical (unpaired) electrons. The molecule has 3 N–H and O–H groups in total. The first-order chi connectivity index (χ1) is 13.9. The van der Waals surface area contributed by atoms with E-state index in [4.69, 9.17) is 0 Å². The quantitative estimate of drug-likeness (QED) is 0.487. The minimum Gasteiger partial charge on any atom is -0.356 e. The van der Waals surface area contributed by atoms with Crippen LogP contribution in [0.5, 0.6) is 0 Å². The number of amides is 1. The third-order valence-electron chi connectivity index (χ3n) is 6.31. The Kier molecular flexibility index (Phi) is 7.17. The van der Waals surface area contributed by atoms with Crippen LogP contribution in [-0.4, -0.2) is 55.0 Å². The predicted molar refractivity (Wildman–Crippen MR) is 119 cm³/mol. The molecule has 2 heterocycles. The molecule has 2 bridgehead atoms. The lowest BCUT2D eigenvalue weighted by atomic mass is 9.92. The summed E-state index contributed by atoms with van der Waals surface area (Å²) in [5.74, 6) is 0.860. The molecular formula is C23H37N5O. The summed E-state index contributed by atoms with van der Waals surface area (Å²) in [4.78, 5) is 19.3. The van der Waals surface area contributed by atoms with Gasteiger partial charge in [0.05, 0.1) is 5.41 Å². The third-order valence-corrected chi connectivity index (χ3v) is 6.31. The number of fused-ring (bicyclic) bond motifs is 2. The summed E-state index contributed by atoms with van der Waals surface area (Å²) in [7, 11) is 1.80. The van der Waals surface area contributed by atoms with Crippen molar-refractivity contribution in [2.45, 2.75) is 71.1 Å². The summed E-state index contributed by atoms with van der Waals surface area (Å²) in [6.45, 7) is 8.12. The number of hydrogen-bond acceptors (Lipinski definition) is 3. The Morgan fingerprint density at radius 2 is 1.79 bits per heavy atom. The molecule has 1 aromatic carbocycles. The van der Waals surface area contributed by atoms with Crippen LogP contribution in [0.1, 0.15) is 52.0 Å². The summed E-state index contributed by atoms with van der Waals surface area (Å²) in [6.07, 6.45) is 4.85. The smallest absolute Gasteiger partial charge is 0.227 e. The van der Waals surface area contributed by atoms with Crippen LogP contribution in [0.3, 0.4) is 0 Å². The van der Waals surface area contributed by atoms with Gasteiger partial charge >= 0.3 is 0 Å². The molecule has 6 nitrogen and oxygen atoms in total. The molecule has 1 aromatic rings. The van der Waals surface area contributed by atoms with Crippen molar-refractivity contribution in [3.8, 4) is 0 Å². The van der Waals surface area contributed by atoms with E-state index in [9.17, 15) is 4.79 Å². The SMILES string of the molecule is CCNC(=O)C(C)(C)CNC(=NC)NC1CC2CCC(C1)N2Cc1ccccc1. The zero-order valence-electron chi connectivity index (χ0n) is 18.4. The molecule has 3 rings (SSSR count). The zero-order valence-corrected chi connectivity index (χ0v) is 18.4. The van der Waals surface area contributed by atoms with Crippen LogP contribution in [0.2, 0.25) is 0 Å². The first-order valence-electron chi connectivity index (χ1n) is 11.0. The lowest BCUT2D eigenvalue weighted by molar-refractivity contribution is -0.128. The van der Waals surface area contributed by atoms with Gasteiger partial charge in [-0.25, -0.2) is 0 Å². The number of rotatable bonds is 7. The highest BCUT2D eigenvalue weighted by Crippen LogP contribution is 2.36. The number of guanidine groups is 1. The minimum atomic E-state index is -0.480. The summed E-state index contributed by atoms with van der Waals surface area (Å²) < 4.78 is 0. The molecule has 0 aliphatic carbocycles. The first-order valence-corrected chi connectivity index (χ1v) is 11.0. The highest BCUT2D eigenvalue weighted by molar-refractivity contribution is 5.84. The molecule has 2 fully saturated rings. The largest absolute Gasteiger partial charge is 0.356 e. The standard InChI is InChI=1S/C23H37N5O/c1-5-25-21(29)23(2,3)16-26-22(24-4)27-18-13-19-11-12-20(14-18)28(19)15-17-9-7-6-8-10-17/h6-10,18-20H,5,11-16H2,1-4H3,(H,25,29)(H2,24,26,27). The average Bonchev–Trinajstić information content (AvgIpc) is 2.94. The molecule has 2 aliphatic heterocycles. The predicted octanol–water partition coefficient (Wildman–Crippen LogP) is 2.51. The third kappa shape index (κ3) is 5.50. The maximum atomic E-state index is 12.2. The molecule has 0 saturated carbocycles. The Balaban J connectivity index is 1.51. The Morgan fingerprint density at radius 3 is 2.38 bits per heavy atom. The average molecular weight is 400 g/mol. The Bertz CT molecular complexity index is 688. The molecule has 1 amide bonds. The molecule has 2 aliphatic rings. The fourth-order valence-electron chi connectivity index (χ4n) is 4.62. The fraction of sp³-hybridized carbons (Fsp3) is 0.652. The van der Waals surface area contributed by atoms with Crippen LogP contribution in [0.15, 0.2) is 35.3 Å². The van der Waals surface area contributed by atoms with Gasteiger partial charge in [-0.2, -0.15) is 0 Å². The minimum absolute atomic E-state index is 0.0650. The topological polar surface area (TPSA) is 68.8 Å². The number of hydrogen-bond donors (Lipinski definition) is 3. The van der Waals surface area contributed by atoms with Crippen molar-refractivity contribution in [1.29, 1.82) is 0 Å². The Morgan fingerprint density at radius 1 is 1.14 bits per heavy atom. The van der Waals surface area contributed by atoms with Crippen molar-refractivity contribution in [2.75, 3.05) is 20.1 Å². The van der Waals surface area contributed by atoms with E-state index in [0.29, 0.717) is 31.2 Å². The van der Waals surface area contributed by atoms with E-state index >= 15 is 0 Å². The second kappa shape index (κ2) is 9.61. The number of carbonyl (C=O) groups is 1. The summed E-state index contributed by atoms with van der Waals surface area (Å²) in [5, 5.41) is 9.89. The number of carbonyl (C=O) groups excluding carboxylic acids is 1. The van der Waals surface area contributed by atoms with Crippen molar-refractivity contribution in [1.82, 2.24) is 20.9 Å². The van der Waals surface area contributed by atoms with Crippen LogP contribution in [-0.2, 0) is 11.3 Å². The van der Waals surface area contributed by atoms with Crippen molar-refractivity contribution in [2.24, 2.45) is 10.4 Å². The highest BCUT2D eigenvalue weighted by atomic mass is 16.2. The van der Waals surface area contributed by atoms with E-state index in [2.05, 4.69) is 56.2 Å². The molecule has 29 heavy (non-hydrogen) atoms. The van der Waals surface area contributed by atoms with Gasteiger partial charge in [-0.3, -0.25) is 14.7 Å². The fourth-order valence-corrected chi connectivity index (χ4v) is 4.62. The number of nitrogens with one attached hydrogen (secondary N) is 3. The molecule has 2 unspecified atom stereocenters. The molecule has 6 heteroatoms. The van der Waals surface area contributed by atoms with Gasteiger partial charge < -0.3 is 16.0 Å². The second-order valence-corrected chi connectivity index (χ2v) is 9.02. The van der Waals surface area contributed by atoms with Gasteiger partial charge in [0, 0.05) is 44.8 Å². The van der Waals surface area contributed by atoms with E-state index in [1.807, 2.05) is 20.8 Å². The van der Waals surface area contributed by atoms with E-state index in [1.165, 1.54) is 18.4 Å². The number of benzene rings is 1. The van der Waals surface area contributed by atoms with Crippen molar-refractivity contribution in [3.63, 3.8) is 0 Å². The molecule has 160 valence electrons.